The number of aryl methyl sites for hydroxylation is 1. The smallest absolute Gasteiger partial charge is 0.426 e. The third kappa shape index (κ3) is 2.94. The lowest BCUT2D eigenvalue weighted by molar-refractivity contribution is -0.142. The largest absolute Gasteiger partial charge is 0.480 e. The summed E-state index contributed by atoms with van der Waals surface area (Å²) >= 11 is 1.37. The molecule has 0 aromatic carbocycles. The SMILES string of the molecule is COc1nc(-c2cc(SC)n(C)n2)nc(F)c1C(F)(F)F. The molecule has 0 radical (unpaired) electrons. The average Bonchev–Trinajstić information content (AvgIpc) is 2.77. The molecular weight excluding hydrogens is 312 g/mol. The molecule has 0 N–H and O–H groups in total. The van der Waals surface area contributed by atoms with E-state index in [1.54, 1.807) is 19.4 Å². The molecule has 10 heteroatoms. The maximum atomic E-state index is 13.7. The number of alkyl halides is 3. The summed E-state index contributed by atoms with van der Waals surface area (Å²) in [7, 11) is 2.62. The molecule has 21 heavy (non-hydrogen) atoms. The van der Waals surface area contributed by atoms with Crippen LogP contribution in [0, 0.1) is 5.95 Å². The number of aromatic nitrogens is 4. The van der Waals surface area contributed by atoms with E-state index in [1.165, 1.54) is 16.4 Å². The van der Waals surface area contributed by atoms with Gasteiger partial charge in [0.2, 0.25) is 11.8 Å². The van der Waals surface area contributed by atoms with Crippen LogP contribution in [0.2, 0.25) is 0 Å². The van der Waals surface area contributed by atoms with Crippen molar-refractivity contribution in [2.24, 2.45) is 7.05 Å². The van der Waals surface area contributed by atoms with Crippen LogP contribution in [0.15, 0.2) is 11.1 Å². The minimum atomic E-state index is -4.94. The second kappa shape index (κ2) is 5.51. The van der Waals surface area contributed by atoms with Crippen molar-refractivity contribution >= 4 is 11.8 Å². The van der Waals surface area contributed by atoms with Gasteiger partial charge >= 0.3 is 6.18 Å². The predicted octanol–water partition coefficient (Wildman–Crippen LogP) is 2.77. The predicted molar refractivity (Wildman–Crippen MR) is 67.5 cm³/mol. The highest BCUT2D eigenvalue weighted by molar-refractivity contribution is 7.98. The van der Waals surface area contributed by atoms with Gasteiger partial charge in [-0.1, -0.05) is 0 Å². The standard InChI is InChI=1S/C11H10F4N4OS/c1-19-6(21-3)4-5(18-19)9-16-8(12)7(11(13,14)15)10(17-9)20-2/h4H,1-3H3. The normalized spacial score (nSPS) is 11.8. The third-order valence-electron chi connectivity index (χ3n) is 2.58. The van der Waals surface area contributed by atoms with Gasteiger partial charge < -0.3 is 4.74 Å². The molecule has 2 aromatic heterocycles. The average molecular weight is 322 g/mol. The number of ether oxygens (including phenoxy) is 1. The molecule has 2 heterocycles. The molecule has 0 aliphatic carbocycles. The zero-order valence-corrected chi connectivity index (χ0v) is 12.0. The van der Waals surface area contributed by atoms with Crippen LogP contribution in [0.1, 0.15) is 5.56 Å². The highest BCUT2D eigenvalue weighted by Crippen LogP contribution is 2.37. The van der Waals surface area contributed by atoms with Gasteiger partial charge in [0.25, 0.3) is 0 Å². The summed E-state index contributed by atoms with van der Waals surface area (Å²) < 4.78 is 57.9. The highest BCUT2D eigenvalue weighted by Gasteiger charge is 2.40. The zero-order chi connectivity index (χ0) is 15.8. The summed E-state index contributed by atoms with van der Waals surface area (Å²) in [5.74, 6) is -2.84. The van der Waals surface area contributed by atoms with E-state index in [1.807, 2.05) is 0 Å². The molecule has 0 fully saturated rings. The molecule has 0 bridgehead atoms. The van der Waals surface area contributed by atoms with Crippen molar-refractivity contribution in [1.29, 1.82) is 0 Å². The van der Waals surface area contributed by atoms with Gasteiger partial charge in [-0.15, -0.1) is 11.8 Å². The van der Waals surface area contributed by atoms with Crippen LogP contribution in [-0.2, 0) is 13.2 Å². The van der Waals surface area contributed by atoms with Crippen LogP contribution >= 0.6 is 11.8 Å². The van der Waals surface area contributed by atoms with E-state index in [0.717, 1.165) is 12.1 Å². The fourth-order valence-electron chi connectivity index (χ4n) is 1.67. The molecule has 0 spiro atoms. The number of halogens is 4. The lowest BCUT2D eigenvalue weighted by Gasteiger charge is -2.11. The van der Waals surface area contributed by atoms with E-state index < -0.39 is 23.6 Å². The summed E-state index contributed by atoms with van der Waals surface area (Å²) in [4.78, 5) is 6.84. The minimum Gasteiger partial charge on any atom is -0.480 e. The molecule has 2 rings (SSSR count). The van der Waals surface area contributed by atoms with Gasteiger partial charge in [0.05, 0.1) is 12.1 Å². The Morgan fingerprint density at radius 3 is 2.43 bits per heavy atom. The van der Waals surface area contributed by atoms with E-state index in [0.29, 0.717) is 0 Å². The molecule has 2 aromatic rings. The fraction of sp³-hybridized carbons (Fsp3) is 0.364. The van der Waals surface area contributed by atoms with E-state index in [-0.39, 0.29) is 11.5 Å². The van der Waals surface area contributed by atoms with E-state index in [4.69, 9.17) is 0 Å². The van der Waals surface area contributed by atoms with Gasteiger partial charge in [-0.3, -0.25) is 4.68 Å². The third-order valence-corrected chi connectivity index (χ3v) is 3.38. The maximum absolute atomic E-state index is 13.7. The first-order valence-electron chi connectivity index (χ1n) is 5.55. The van der Waals surface area contributed by atoms with Gasteiger partial charge in [-0.2, -0.15) is 32.6 Å². The Hall–Kier alpha value is -1.84. The van der Waals surface area contributed by atoms with Gasteiger partial charge in [0, 0.05) is 13.1 Å². The molecule has 0 saturated heterocycles. The fourth-order valence-corrected chi connectivity index (χ4v) is 2.20. The van der Waals surface area contributed by atoms with E-state index in [9.17, 15) is 17.6 Å². The van der Waals surface area contributed by atoms with Crippen molar-refractivity contribution in [2.45, 2.75) is 11.2 Å². The second-order valence-corrected chi connectivity index (χ2v) is 4.74. The monoisotopic (exact) mass is 322 g/mol. The molecule has 114 valence electrons. The van der Waals surface area contributed by atoms with Crippen LogP contribution < -0.4 is 4.74 Å². The molecule has 0 saturated carbocycles. The Kier molecular flexibility index (Phi) is 4.08. The first-order valence-corrected chi connectivity index (χ1v) is 6.77. The van der Waals surface area contributed by atoms with Gasteiger partial charge in [0.1, 0.15) is 5.69 Å². The van der Waals surface area contributed by atoms with Crippen molar-refractivity contribution in [3.63, 3.8) is 0 Å². The molecule has 0 unspecified atom stereocenters. The Morgan fingerprint density at radius 1 is 1.29 bits per heavy atom. The Labute approximate surface area is 121 Å². The van der Waals surface area contributed by atoms with Crippen molar-refractivity contribution in [3.05, 3.63) is 17.6 Å². The summed E-state index contributed by atoms with van der Waals surface area (Å²) in [6.45, 7) is 0. The molecule has 0 atom stereocenters. The maximum Gasteiger partial charge on any atom is 0.426 e. The van der Waals surface area contributed by atoms with Crippen LogP contribution in [0.5, 0.6) is 5.88 Å². The molecule has 0 aliphatic rings. The minimum absolute atomic E-state index is 0.160. The summed E-state index contributed by atoms with van der Waals surface area (Å²) in [6.07, 6.45) is -3.14. The van der Waals surface area contributed by atoms with Crippen molar-refractivity contribution < 1.29 is 22.3 Å². The molecule has 0 aliphatic heterocycles. The van der Waals surface area contributed by atoms with Crippen LogP contribution in [0.3, 0.4) is 0 Å². The van der Waals surface area contributed by atoms with Crippen molar-refractivity contribution in [3.8, 4) is 17.4 Å². The second-order valence-electron chi connectivity index (χ2n) is 3.92. The number of nitrogens with zero attached hydrogens (tertiary/aromatic N) is 4. The summed E-state index contributed by atoms with van der Waals surface area (Å²) in [6, 6.07) is 1.55. The Morgan fingerprint density at radius 2 is 1.95 bits per heavy atom. The highest BCUT2D eigenvalue weighted by atomic mass is 32.2. The van der Waals surface area contributed by atoms with Crippen LogP contribution in [-0.4, -0.2) is 33.1 Å². The van der Waals surface area contributed by atoms with Crippen LogP contribution in [0.4, 0.5) is 17.6 Å². The number of hydrogen-bond acceptors (Lipinski definition) is 5. The van der Waals surface area contributed by atoms with Crippen molar-refractivity contribution in [1.82, 2.24) is 19.7 Å². The topological polar surface area (TPSA) is 52.8 Å². The molecule has 0 amide bonds. The first-order chi connectivity index (χ1) is 9.77. The van der Waals surface area contributed by atoms with Crippen LogP contribution in [0.25, 0.3) is 11.5 Å². The van der Waals surface area contributed by atoms with E-state index >= 15 is 0 Å². The lowest BCUT2D eigenvalue weighted by Crippen LogP contribution is -2.14. The van der Waals surface area contributed by atoms with Gasteiger partial charge in [-0.25, -0.2) is 0 Å². The Bertz CT molecular complexity index is 671. The summed E-state index contributed by atoms with van der Waals surface area (Å²) in [5.41, 5.74) is -1.47. The first kappa shape index (κ1) is 15.5. The number of thioether (sulfide) groups is 1. The molecule has 5 nitrogen and oxygen atoms in total. The summed E-state index contributed by atoms with van der Waals surface area (Å²) in [5, 5.41) is 4.76. The lowest BCUT2D eigenvalue weighted by atomic mass is 10.3. The molecular formula is C11H10F4N4OS. The van der Waals surface area contributed by atoms with Crippen molar-refractivity contribution in [2.75, 3.05) is 13.4 Å². The van der Waals surface area contributed by atoms with Gasteiger partial charge in [-0.05, 0) is 6.26 Å². The quantitative estimate of drug-likeness (QED) is 0.494. The zero-order valence-electron chi connectivity index (χ0n) is 11.2. The Balaban J connectivity index is 2.59. The van der Waals surface area contributed by atoms with Gasteiger partial charge in [0.15, 0.2) is 11.4 Å². The number of methoxy groups -OCH3 is 1. The van der Waals surface area contributed by atoms with E-state index in [2.05, 4.69) is 19.8 Å². The number of rotatable bonds is 3. The number of hydrogen-bond donors (Lipinski definition) is 0.